The highest BCUT2D eigenvalue weighted by atomic mass is 127. The van der Waals surface area contributed by atoms with E-state index in [1.165, 1.54) is 12.1 Å². The number of nitrogens with one attached hydrogen (secondary N) is 2. The van der Waals surface area contributed by atoms with Crippen LogP contribution in [0.5, 0.6) is 0 Å². The van der Waals surface area contributed by atoms with Crippen molar-refractivity contribution in [1.82, 2.24) is 4.98 Å². The lowest BCUT2D eigenvalue weighted by molar-refractivity contribution is -0.137. The summed E-state index contributed by atoms with van der Waals surface area (Å²) in [6.07, 6.45) is -4.36. The van der Waals surface area contributed by atoms with Gasteiger partial charge < -0.3 is 10.3 Å². The molecule has 0 aliphatic carbocycles. The standard InChI is InChI=1S/C13H10F3IN2O/c14-13(15,16)9-3-1-8(2-4-9)10-5-6-11(18-7-17)12(20)19-10/h1-6,18H,7H2,(H,19,20). The molecular formula is C13H10F3IN2O. The third-order valence-electron chi connectivity index (χ3n) is 2.69. The summed E-state index contributed by atoms with van der Waals surface area (Å²) in [6, 6.07) is 7.90. The number of H-pyrrole nitrogens is 1. The fourth-order valence-electron chi connectivity index (χ4n) is 1.69. The summed E-state index contributed by atoms with van der Waals surface area (Å²) >= 11 is 2.07. The van der Waals surface area contributed by atoms with Gasteiger partial charge in [-0.15, -0.1) is 0 Å². The van der Waals surface area contributed by atoms with Gasteiger partial charge in [-0.2, -0.15) is 13.2 Å². The molecule has 0 bridgehead atoms. The Morgan fingerprint density at radius 2 is 1.75 bits per heavy atom. The van der Waals surface area contributed by atoms with Crippen LogP contribution in [0.2, 0.25) is 0 Å². The zero-order valence-corrected chi connectivity index (χ0v) is 12.2. The van der Waals surface area contributed by atoms with Gasteiger partial charge in [0, 0.05) is 5.69 Å². The van der Waals surface area contributed by atoms with E-state index in [0.717, 1.165) is 12.1 Å². The van der Waals surface area contributed by atoms with Crippen LogP contribution in [0.25, 0.3) is 11.3 Å². The predicted molar refractivity (Wildman–Crippen MR) is 80.0 cm³/mol. The topological polar surface area (TPSA) is 44.9 Å². The minimum Gasteiger partial charge on any atom is -0.372 e. The lowest BCUT2D eigenvalue weighted by Crippen LogP contribution is -2.13. The van der Waals surface area contributed by atoms with E-state index in [-0.39, 0.29) is 5.56 Å². The monoisotopic (exact) mass is 394 g/mol. The first-order valence-electron chi connectivity index (χ1n) is 5.62. The van der Waals surface area contributed by atoms with Crippen LogP contribution in [0.4, 0.5) is 18.9 Å². The van der Waals surface area contributed by atoms with Crippen molar-refractivity contribution in [3.05, 3.63) is 52.3 Å². The van der Waals surface area contributed by atoms with E-state index >= 15 is 0 Å². The van der Waals surface area contributed by atoms with Crippen LogP contribution >= 0.6 is 22.6 Å². The Morgan fingerprint density at radius 1 is 1.10 bits per heavy atom. The lowest BCUT2D eigenvalue weighted by atomic mass is 10.1. The predicted octanol–water partition coefficient (Wildman–Crippen LogP) is 3.87. The first-order valence-corrected chi connectivity index (χ1v) is 7.15. The number of aromatic amines is 1. The number of halogens is 4. The molecule has 7 heteroatoms. The largest absolute Gasteiger partial charge is 0.416 e. The summed E-state index contributed by atoms with van der Waals surface area (Å²) in [5.41, 5.74) is 0.403. The fourth-order valence-corrected chi connectivity index (χ4v) is 2.10. The number of pyridine rings is 1. The van der Waals surface area contributed by atoms with E-state index in [2.05, 4.69) is 32.9 Å². The number of benzene rings is 1. The minimum absolute atomic E-state index is 0.306. The van der Waals surface area contributed by atoms with Crippen LogP contribution in [-0.4, -0.2) is 9.54 Å². The second-order valence-corrected chi connectivity index (χ2v) is 4.76. The molecule has 1 aromatic heterocycles. The molecule has 0 saturated carbocycles. The van der Waals surface area contributed by atoms with Gasteiger partial charge in [-0.05, 0) is 29.8 Å². The second-order valence-electron chi connectivity index (χ2n) is 4.00. The smallest absolute Gasteiger partial charge is 0.372 e. The number of hydrogen-bond donors (Lipinski definition) is 2. The quantitative estimate of drug-likeness (QED) is 0.472. The van der Waals surface area contributed by atoms with Crippen molar-refractivity contribution in [1.29, 1.82) is 0 Å². The number of aromatic nitrogens is 1. The maximum atomic E-state index is 12.5. The lowest BCUT2D eigenvalue weighted by Gasteiger charge is -2.08. The Bertz CT molecular complexity index is 650. The summed E-state index contributed by atoms with van der Waals surface area (Å²) in [5, 5.41) is 2.88. The summed E-state index contributed by atoms with van der Waals surface area (Å²) < 4.78 is 38.0. The Hall–Kier alpha value is -1.51. The molecule has 1 heterocycles. The van der Waals surface area contributed by atoms with Crippen LogP contribution in [0, 0.1) is 0 Å². The van der Waals surface area contributed by atoms with E-state index in [0.29, 0.717) is 21.5 Å². The first-order chi connectivity index (χ1) is 9.41. The molecule has 0 spiro atoms. The van der Waals surface area contributed by atoms with Crippen molar-refractivity contribution < 1.29 is 13.2 Å². The van der Waals surface area contributed by atoms with Crippen LogP contribution in [0.3, 0.4) is 0 Å². The SMILES string of the molecule is O=c1[nH]c(-c2ccc(C(F)(F)F)cc2)ccc1NCI. The second kappa shape index (κ2) is 5.86. The molecule has 0 fully saturated rings. The molecule has 3 nitrogen and oxygen atoms in total. The van der Waals surface area contributed by atoms with Crippen LogP contribution < -0.4 is 10.9 Å². The molecule has 20 heavy (non-hydrogen) atoms. The van der Waals surface area contributed by atoms with Crippen molar-refractivity contribution in [3.63, 3.8) is 0 Å². The highest BCUT2D eigenvalue weighted by molar-refractivity contribution is 14.1. The molecule has 2 rings (SSSR count). The van der Waals surface area contributed by atoms with Crippen molar-refractivity contribution in [2.45, 2.75) is 6.18 Å². The van der Waals surface area contributed by atoms with Gasteiger partial charge in [-0.25, -0.2) is 0 Å². The van der Waals surface area contributed by atoms with Gasteiger partial charge in [0.2, 0.25) is 0 Å². The maximum absolute atomic E-state index is 12.5. The van der Waals surface area contributed by atoms with E-state index in [9.17, 15) is 18.0 Å². The molecule has 0 saturated heterocycles. The zero-order valence-electron chi connectivity index (χ0n) is 10.1. The highest BCUT2D eigenvalue weighted by Gasteiger charge is 2.29. The minimum atomic E-state index is -4.36. The van der Waals surface area contributed by atoms with Gasteiger partial charge in [0.1, 0.15) is 5.69 Å². The highest BCUT2D eigenvalue weighted by Crippen LogP contribution is 2.30. The number of anilines is 1. The van der Waals surface area contributed by atoms with Gasteiger partial charge in [0.25, 0.3) is 5.56 Å². The molecule has 2 aromatic rings. The summed E-state index contributed by atoms with van der Waals surface area (Å²) in [5.74, 6) is 0. The van der Waals surface area contributed by atoms with Gasteiger partial charge in [-0.1, -0.05) is 34.7 Å². The molecule has 106 valence electrons. The van der Waals surface area contributed by atoms with E-state index in [1.54, 1.807) is 12.1 Å². The molecule has 0 aliphatic heterocycles. The molecule has 0 atom stereocenters. The van der Waals surface area contributed by atoms with E-state index in [4.69, 9.17) is 0 Å². The molecule has 0 amide bonds. The molecule has 0 unspecified atom stereocenters. The Balaban J connectivity index is 2.33. The van der Waals surface area contributed by atoms with Crippen LogP contribution in [-0.2, 0) is 6.18 Å². The summed E-state index contributed by atoms with van der Waals surface area (Å²) in [4.78, 5) is 14.4. The molecule has 1 aromatic carbocycles. The fraction of sp³-hybridized carbons (Fsp3) is 0.154. The van der Waals surface area contributed by atoms with Gasteiger partial charge in [0.05, 0.1) is 10.1 Å². The number of rotatable bonds is 3. The first kappa shape index (κ1) is 14.9. The molecule has 0 radical (unpaired) electrons. The van der Waals surface area contributed by atoms with Gasteiger partial charge in [-0.3, -0.25) is 4.79 Å². The molecule has 2 N–H and O–H groups in total. The summed E-state index contributed by atoms with van der Waals surface area (Å²) in [7, 11) is 0. The molecule has 0 aliphatic rings. The van der Waals surface area contributed by atoms with Crippen LogP contribution in [0.1, 0.15) is 5.56 Å². The Kier molecular flexibility index (Phi) is 4.36. The Labute approximate surface area is 126 Å². The van der Waals surface area contributed by atoms with E-state index in [1.807, 2.05) is 0 Å². The maximum Gasteiger partial charge on any atom is 0.416 e. The van der Waals surface area contributed by atoms with Crippen molar-refractivity contribution in [2.24, 2.45) is 0 Å². The van der Waals surface area contributed by atoms with E-state index < -0.39 is 11.7 Å². The normalized spacial score (nSPS) is 11.4. The number of alkyl halides is 4. The zero-order chi connectivity index (χ0) is 14.8. The Morgan fingerprint density at radius 3 is 2.25 bits per heavy atom. The van der Waals surface area contributed by atoms with Crippen molar-refractivity contribution in [2.75, 3.05) is 9.87 Å². The average molecular weight is 394 g/mol. The average Bonchev–Trinajstić information content (AvgIpc) is 2.40. The third-order valence-corrected chi connectivity index (χ3v) is 3.07. The molecular weight excluding hydrogens is 384 g/mol. The van der Waals surface area contributed by atoms with Gasteiger partial charge in [0.15, 0.2) is 0 Å². The van der Waals surface area contributed by atoms with Crippen LogP contribution in [0.15, 0.2) is 41.2 Å². The number of hydrogen-bond acceptors (Lipinski definition) is 2. The summed E-state index contributed by atoms with van der Waals surface area (Å²) in [6.45, 7) is 0. The van der Waals surface area contributed by atoms with Gasteiger partial charge >= 0.3 is 6.18 Å². The van der Waals surface area contributed by atoms with Crippen molar-refractivity contribution in [3.8, 4) is 11.3 Å². The third kappa shape index (κ3) is 3.33. The van der Waals surface area contributed by atoms with Crippen molar-refractivity contribution >= 4 is 28.3 Å².